The highest BCUT2D eigenvalue weighted by atomic mass is 79.9. The van der Waals surface area contributed by atoms with E-state index in [0.717, 1.165) is 30.6 Å². The predicted molar refractivity (Wildman–Crippen MR) is 61.5 cm³/mol. The maximum Gasteiger partial charge on any atom is 0.107 e. The van der Waals surface area contributed by atoms with Gasteiger partial charge in [0, 0.05) is 20.0 Å². The van der Waals surface area contributed by atoms with Gasteiger partial charge in [-0.1, -0.05) is 6.92 Å². The van der Waals surface area contributed by atoms with E-state index in [-0.39, 0.29) is 6.61 Å². The van der Waals surface area contributed by atoms with Crippen LogP contribution in [0.1, 0.15) is 19.8 Å². The molecule has 0 aromatic rings. The fourth-order valence-electron chi connectivity index (χ4n) is 1.75. The second kappa shape index (κ2) is 5.68. The second-order valence-corrected chi connectivity index (χ2v) is 4.41. The molecule has 0 amide bonds. The van der Waals surface area contributed by atoms with Crippen molar-refractivity contribution in [2.75, 3.05) is 26.7 Å². The van der Waals surface area contributed by atoms with E-state index >= 15 is 0 Å². The number of hydrogen-bond acceptors (Lipinski definition) is 4. The quantitative estimate of drug-likeness (QED) is 0.807. The lowest BCUT2D eigenvalue weighted by atomic mass is 10.3. The van der Waals surface area contributed by atoms with Crippen LogP contribution in [0.15, 0.2) is 5.10 Å². The third-order valence-corrected chi connectivity index (χ3v) is 2.85. The minimum atomic E-state index is 0.210. The first-order valence-electron chi connectivity index (χ1n) is 4.99. The molecule has 0 spiro atoms. The number of aliphatic hydroxyl groups is 1. The molecule has 0 saturated heterocycles. The lowest BCUT2D eigenvalue weighted by Crippen LogP contribution is -2.44. The molecule has 0 aromatic heterocycles. The van der Waals surface area contributed by atoms with Crippen molar-refractivity contribution < 1.29 is 5.11 Å². The largest absolute Gasteiger partial charge is 0.395 e. The molecule has 0 saturated carbocycles. The maximum atomic E-state index is 8.97. The minimum Gasteiger partial charge on any atom is -0.395 e. The zero-order valence-corrected chi connectivity index (χ0v) is 10.4. The molecule has 0 radical (unpaired) electrons. The summed E-state index contributed by atoms with van der Waals surface area (Å²) in [5, 5.41) is 15.2. The lowest BCUT2D eigenvalue weighted by Gasteiger charge is -2.31. The number of hydrazone groups is 1. The van der Waals surface area contributed by atoms with Crippen molar-refractivity contribution in [2.24, 2.45) is 5.10 Å². The molecule has 1 rings (SSSR count). The maximum absolute atomic E-state index is 8.97. The molecule has 0 bridgehead atoms. The topological polar surface area (TPSA) is 39.1 Å². The van der Waals surface area contributed by atoms with E-state index in [1.54, 1.807) is 0 Å². The molecule has 1 N–H and O–H groups in total. The number of halogens is 1. The first-order valence-corrected chi connectivity index (χ1v) is 5.79. The van der Waals surface area contributed by atoms with Gasteiger partial charge in [-0.2, -0.15) is 5.10 Å². The Morgan fingerprint density at radius 1 is 1.64 bits per heavy atom. The number of hydrogen-bond donors (Lipinski definition) is 1. The highest BCUT2D eigenvalue weighted by molar-refractivity contribution is 9.18. The molecular weight excluding hydrogens is 246 g/mol. The van der Waals surface area contributed by atoms with E-state index in [1.165, 1.54) is 0 Å². The zero-order valence-electron chi connectivity index (χ0n) is 8.78. The highest BCUT2D eigenvalue weighted by Gasteiger charge is 2.27. The van der Waals surface area contributed by atoms with Gasteiger partial charge >= 0.3 is 0 Å². The van der Waals surface area contributed by atoms with Crippen molar-refractivity contribution >= 4 is 20.6 Å². The standard InChI is InChI=1S/C9H18BrN3O/c1-3-4-13(5-6-14)9-7-8(10)11-12(9)2/h9,14H,3-7H2,1-2H3. The normalized spacial score (nSPS) is 21.9. The monoisotopic (exact) mass is 263 g/mol. The number of aliphatic hydroxyl groups excluding tert-OH is 1. The smallest absolute Gasteiger partial charge is 0.107 e. The summed E-state index contributed by atoms with van der Waals surface area (Å²) < 4.78 is 0.990. The predicted octanol–water partition coefficient (Wildman–Crippen LogP) is 1.06. The van der Waals surface area contributed by atoms with Gasteiger partial charge in [0.15, 0.2) is 0 Å². The van der Waals surface area contributed by atoms with E-state index in [9.17, 15) is 0 Å². The van der Waals surface area contributed by atoms with Crippen molar-refractivity contribution in [2.45, 2.75) is 25.9 Å². The number of rotatable bonds is 5. The van der Waals surface area contributed by atoms with Crippen molar-refractivity contribution in [3.8, 4) is 0 Å². The van der Waals surface area contributed by atoms with Crippen LogP contribution in [0.3, 0.4) is 0 Å². The summed E-state index contributed by atoms with van der Waals surface area (Å²) in [5.41, 5.74) is 0. The van der Waals surface area contributed by atoms with Crippen molar-refractivity contribution in [1.29, 1.82) is 0 Å². The van der Waals surface area contributed by atoms with Gasteiger partial charge in [-0.3, -0.25) is 9.91 Å². The summed E-state index contributed by atoms with van der Waals surface area (Å²) in [6, 6.07) is 0. The van der Waals surface area contributed by atoms with Crippen molar-refractivity contribution in [3.05, 3.63) is 0 Å². The third kappa shape index (κ3) is 2.93. The Bertz CT molecular complexity index is 204. The van der Waals surface area contributed by atoms with Gasteiger partial charge in [-0.15, -0.1) is 0 Å². The van der Waals surface area contributed by atoms with Crippen LogP contribution < -0.4 is 0 Å². The Morgan fingerprint density at radius 3 is 2.79 bits per heavy atom. The molecular formula is C9H18BrN3O. The zero-order chi connectivity index (χ0) is 10.6. The first kappa shape index (κ1) is 11.9. The second-order valence-electron chi connectivity index (χ2n) is 3.49. The van der Waals surface area contributed by atoms with Crippen LogP contribution >= 0.6 is 15.9 Å². The van der Waals surface area contributed by atoms with Gasteiger partial charge < -0.3 is 5.11 Å². The molecule has 0 aliphatic carbocycles. The van der Waals surface area contributed by atoms with Crippen molar-refractivity contribution in [3.63, 3.8) is 0 Å². The molecule has 1 unspecified atom stereocenters. The van der Waals surface area contributed by atoms with Gasteiger partial charge in [-0.05, 0) is 28.9 Å². The third-order valence-electron chi connectivity index (χ3n) is 2.37. The summed E-state index contributed by atoms with van der Waals surface area (Å²) in [6.07, 6.45) is 2.31. The summed E-state index contributed by atoms with van der Waals surface area (Å²) in [7, 11) is 1.97. The molecule has 14 heavy (non-hydrogen) atoms. The lowest BCUT2D eigenvalue weighted by molar-refractivity contribution is 0.0649. The van der Waals surface area contributed by atoms with Crippen LogP contribution in [0.2, 0.25) is 0 Å². The molecule has 4 nitrogen and oxygen atoms in total. The van der Waals surface area contributed by atoms with Crippen LogP contribution in [-0.4, -0.2) is 52.5 Å². The fraction of sp³-hybridized carbons (Fsp3) is 0.889. The molecule has 1 atom stereocenters. The Kier molecular flexibility index (Phi) is 4.84. The molecule has 0 aromatic carbocycles. The minimum absolute atomic E-state index is 0.210. The molecule has 82 valence electrons. The Hall–Kier alpha value is -0.130. The summed E-state index contributed by atoms with van der Waals surface area (Å²) in [5.74, 6) is 0. The molecule has 1 aliphatic rings. The Balaban J connectivity index is 2.52. The van der Waals surface area contributed by atoms with Crippen LogP contribution in [0.4, 0.5) is 0 Å². The van der Waals surface area contributed by atoms with Crippen LogP contribution in [-0.2, 0) is 0 Å². The molecule has 1 aliphatic heterocycles. The summed E-state index contributed by atoms with van der Waals surface area (Å²) >= 11 is 3.41. The summed E-state index contributed by atoms with van der Waals surface area (Å²) in [4.78, 5) is 2.26. The fourth-order valence-corrected chi connectivity index (χ4v) is 2.29. The highest BCUT2D eigenvalue weighted by Crippen LogP contribution is 2.19. The van der Waals surface area contributed by atoms with Crippen LogP contribution in [0, 0.1) is 0 Å². The average Bonchev–Trinajstić information content (AvgIpc) is 2.45. The Labute approximate surface area is 93.7 Å². The van der Waals surface area contributed by atoms with E-state index in [4.69, 9.17) is 5.11 Å². The van der Waals surface area contributed by atoms with Crippen LogP contribution in [0.5, 0.6) is 0 Å². The van der Waals surface area contributed by atoms with Gasteiger partial charge in [0.1, 0.15) is 10.8 Å². The molecule has 0 fully saturated rings. The van der Waals surface area contributed by atoms with E-state index in [2.05, 4.69) is 32.9 Å². The Morgan fingerprint density at radius 2 is 2.36 bits per heavy atom. The molecule has 5 heteroatoms. The SMILES string of the molecule is CCCN(CCO)C1CC(Br)=NN1C. The first-order chi connectivity index (χ1) is 6.69. The van der Waals surface area contributed by atoms with E-state index in [1.807, 2.05) is 12.1 Å². The van der Waals surface area contributed by atoms with Gasteiger partial charge in [0.05, 0.1) is 6.61 Å². The molecule has 1 heterocycles. The van der Waals surface area contributed by atoms with E-state index in [0.29, 0.717) is 6.17 Å². The van der Waals surface area contributed by atoms with Crippen molar-refractivity contribution in [1.82, 2.24) is 9.91 Å². The van der Waals surface area contributed by atoms with Crippen LogP contribution in [0.25, 0.3) is 0 Å². The van der Waals surface area contributed by atoms with E-state index < -0.39 is 0 Å². The van der Waals surface area contributed by atoms with Gasteiger partial charge in [0.2, 0.25) is 0 Å². The average molecular weight is 264 g/mol. The van der Waals surface area contributed by atoms with Gasteiger partial charge in [-0.25, -0.2) is 0 Å². The summed E-state index contributed by atoms with van der Waals surface area (Å²) in [6.45, 7) is 4.08. The van der Waals surface area contributed by atoms with Gasteiger partial charge in [0.25, 0.3) is 0 Å². The number of nitrogens with zero attached hydrogens (tertiary/aromatic N) is 3.